The molecule has 1 aromatic heterocycles. The van der Waals surface area contributed by atoms with E-state index in [1.165, 1.54) is 11.0 Å². The van der Waals surface area contributed by atoms with Gasteiger partial charge in [0.15, 0.2) is 0 Å². The SMILES string of the molecule is Cc1ccc(NC(=O)C2CCCC(C(=O)O)C2)cc1-n1cnnn1. The molecule has 126 valence electrons. The minimum absolute atomic E-state index is 0.132. The van der Waals surface area contributed by atoms with Crippen molar-refractivity contribution in [1.29, 1.82) is 0 Å². The van der Waals surface area contributed by atoms with Gasteiger partial charge >= 0.3 is 5.97 Å². The predicted molar refractivity (Wildman–Crippen MR) is 85.6 cm³/mol. The van der Waals surface area contributed by atoms with Gasteiger partial charge in [0.2, 0.25) is 5.91 Å². The number of amides is 1. The van der Waals surface area contributed by atoms with E-state index in [0.717, 1.165) is 24.1 Å². The summed E-state index contributed by atoms with van der Waals surface area (Å²) in [6, 6.07) is 5.51. The Kier molecular flexibility index (Phi) is 4.54. The Bertz CT molecular complexity index is 744. The van der Waals surface area contributed by atoms with Gasteiger partial charge in [-0.05, 0) is 54.3 Å². The summed E-state index contributed by atoms with van der Waals surface area (Å²) in [7, 11) is 0. The maximum absolute atomic E-state index is 12.5. The molecule has 2 N–H and O–H groups in total. The van der Waals surface area contributed by atoms with Crippen molar-refractivity contribution in [3.8, 4) is 5.69 Å². The average molecular weight is 329 g/mol. The zero-order valence-electron chi connectivity index (χ0n) is 13.3. The summed E-state index contributed by atoms with van der Waals surface area (Å²) in [5.41, 5.74) is 2.40. The molecular weight excluding hydrogens is 310 g/mol. The number of carboxylic acids is 1. The topological polar surface area (TPSA) is 110 Å². The second-order valence-corrected chi connectivity index (χ2v) is 6.14. The first-order valence-electron chi connectivity index (χ1n) is 7.92. The van der Waals surface area contributed by atoms with Gasteiger partial charge in [-0.2, -0.15) is 0 Å². The van der Waals surface area contributed by atoms with Crippen LogP contribution in [0.1, 0.15) is 31.2 Å². The van der Waals surface area contributed by atoms with E-state index in [9.17, 15) is 9.59 Å². The molecule has 2 atom stereocenters. The van der Waals surface area contributed by atoms with Gasteiger partial charge in [0.25, 0.3) is 0 Å². The van der Waals surface area contributed by atoms with Gasteiger partial charge < -0.3 is 10.4 Å². The highest BCUT2D eigenvalue weighted by molar-refractivity contribution is 5.93. The van der Waals surface area contributed by atoms with Gasteiger partial charge in [0.05, 0.1) is 11.6 Å². The largest absolute Gasteiger partial charge is 0.481 e. The van der Waals surface area contributed by atoms with Crippen LogP contribution < -0.4 is 5.32 Å². The van der Waals surface area contributed by atoms with Crippen molar-refractivity contribution in [3.05, 3.63) is 30.1 Å². The van der Waals surface area contributed by atoms with E-state index in [0.29, 0.717) is 18.5 Å². The molecule has 2 aromatic rings. The second-order valence-electron chi connectivity index (χ2n) is 6.14. The first kappa shape index (κ1) is 16.1. The standard InChI is InChI=1S/C16H19N5O3/c1-10-5-6-13(8-14(10)21-9-17-19-20-21)18-15(22)11-3-2-4-12(7-11)16(23)24/h5-6,8-9,11-12H,2-4,7H2,1H3,(H,18,22)(H,23,24). The highest BCUT2D eigenvalue weighted by Gasteiger charge is 2.31. The monoisotopic (exact) mass is 329 g/mol. The van der Waals surface area contributed by atoms with E-state index >= 15 is 0 Å². The maximum Gasteiger partial charge on any atom is 0.306 e. The van der Waals surface area contributed by atoms with Crippen LogP contribution in [-0.4, -0.2) is 37.2 Å². The Balaban J connectivity index is 1.73. The fraction of sp³-hybridized carbons (Fsp3) is 0.438. The molecule has 1 aliphatic carbocycles. The predicted octanol–water partition coefficient (Wildman–Crippen LogP) is 1.80. The zero-order valence-corrected chi connectivity index (χ0v) is 13.3. The van der Waals surface area contributed by atoms with Crippen LogP contribution in [0.5, 0.6) is 0 Å². The van der Waals surface area contributed by atoms with Gasteiger partial charge in [-0.15, -0.1) is 5.10 Å². The molecule has 8 heteroatoms. The molecule has 1 aliphatic rings. The van der Waals surface area contributed by atoms with Crippen LogP contribution in [0.2, 0.25) is 0 Å². The van der Waals surface area contributed by atoms with Crippen LogP contribution in [0, 0.1) is 18.8 Å². The number of aryl methyl sites for hydroxylation is 1. The molecule has 0 radical (unpaired) electrons. The van der Waals surface area contributed by atoms with Crippen molar-refractivity contribution < 1.29 is 14.7 Å². The number of hydrogen-bond acceptors (Lipinski definition) is 5. The Morgan fingerprint density at radius 3 is 2.79 bits per heavy atom. The van der Waals surface area contributed by atoms with E-state index in [4.69, 9.17) is 5.11 Å². The smallest absolute Gasteiger partial charge is 0.306 e. The van der Waals surface area contributed by atoms with Crippen LogP contribution in [0.3, 0.4) is 0 Å². The van der Waals surface area contributed by atoms with Crippen LogP contribution in [-0.2, 0) is 9.59 Å². The number of aliphatic carboxylic acids is 1. The van der Waals surface area contributed by atoms with Crippen molar-refractivity contribution in [2.75, 3.05) is 5.32 Å². The number of aromatic nitrogens is 4. The summed E-state index contributed by atoms with van der Waals surface area (Å²) in [6.45, 7) is 1.93. The highest BCUT2D eigenvalue weighted by Crippen LogP contribution is 2.30. The van der Waals surface area contributed by atoms with Gasteiger partial charge in [-0.25, -0.2) is 4.68 Å². The third-order valence-corrected chi connectivity index (χ3v) is 4.47. The summed E-state index contributed by atoms with van der Waals surface area (Å²) in [6.07, 6.45) is 4.02. The average Bonchev–Trinajstić information content (AvgIpc) is 3.11. The van der Waals surface area contributed by atoms with Crippen LogP contribution in [0.25, 0.3) is 5.69 Å². The Labute approximate surface area is 138 Å². The fourth-order valence-corrected chi connectivity index (χ4v) is 3.10. The summed E-state index contributed by atoms with van der Waals surface area (Å²) < 4.78 is 1.53. The number of anilines is 1. The summed E-state index contributed by atoms with van der Waals surface area (Å²) in [4.78, 5) is 23.6. The number of nitrogens with zero attached hydrogens (tertiary/aromatic N) is 4. The molecule has 1 heterocycles. The first-order valence-corrected chi connectivity index (χ1v) is 7.92. The van der Waals surface area contributed by atoms with Crippen molar-refractivity contribution in [2.45, 2.75) is 32.6 Å². The molecule has 0 aliphatic heterocycles. The minimum Gasteiger partial charge on any atom is -0.481 e. The number of tetrazole rings is 1. The molecule has 0 bridgehead atoms. The molecule has 8 nitrogen and oxygen atoms in total. The molecule has 2 unspecified atom stereocenters. The highest BCUT2D eigenvalue weighted by atomic mass is 16.4. The summed E-state index contributed by atoms with van der Waals surface area (Å²) >= 11 is 0. The molecule has 0 saturated heterocycles. The van der Waals surface area contributed by atoms with Crippen LogP contribution >= 0.6 is 0 Å². The number of carbonyl (C=O) groups is 2. The second kappa shape index (κ2) is 6.77. The zero-order chi connectivity index (χ0) is 17.1. The van der Waals surface area contributed by atoms with E-state index in [1.54, 1.807) is 6.07 Å². The molecule has 0 spiro atoms. The molecular formula is C16H19N5O3. The lowest BCUT2D eigenvalue weighted by atomic mass is 9.81. The Morgan fingerprint density at radius 1 is 1.29 bits per heavy atom. The number of rotatable bonds is 4. The summed E-state index contributed by atoms with van der Waals surface area (Å²) in [5, 5.41) is 23.1. The van der Waals surface area contributed by atoms with Crippen molar-refractivity contribution in [3.63, 3.8) is 0 Å². The van der Waals surface area contributed by atoms with E-state index in [2.05, 4.69) is 20.8 Å². The third kappa shape index (κ3) is 3.42. The third-order valence-electron chi connectivity index (χ3n) is 4.47. The maximum atomic E-state index is 12.5. The number of carboxylic acid groups (broad SMARTS) is 1. The molecule has 3 rings (SSSR count). The fourth-order valence-electron chi connectivity index (χ4n) is 3.10. The van der Waals surface area contributed by atoms with Crippen molar-refractivity contribution in [2.24, 2.45) is 11.8 Å². The number of hydrogen-bond donors (Lipinski definition) is 2. The lowest BCUT2D eigenvalue weighted by Crippen LogP contribution is -2.30. The molecule has 1 fully saturated rings. The lowest BCUT2D eigenvalue weighted by molar-refractivity contribution is -0.143. The first-order chi connectivity index (χ1) is 11.5. The molecule has 1 saturated carbocycles. The minimum atomic E-state index is -0.816. The van der Waals surface area contributed by atoms with Gasteiger partial charge in [-0.1, -0.05) is 12.5 Å². The molecule has 24 heavy (non-hydrogen) atoms. The van der Waals surface area contributed by atoms with Gasteiger partial charge in [0.1, 0.15) is 6.33 Å². The van der Waals surface area contributed by atoms with Gasteiger partial charge in [-0.3, -0.25) is 9.59 Å². The quantitative estimate of drug-likeness (QED) is 0.885. The van der Waals surface area contributed by atoms with E-state index < -0.39 is 11.9 Å². The van der Waals surface area contributed by atoms with E-state index in [-0.39, 0.29) is 11.8 Å². The number of nitrogens with one attached hydrogen (secondary N) is 1. The summed E-state index contributed by atoms with van der Waals surface area (Å²) in [5.74, 6) is -1.64. The Hall–Kier alpha value is -2.77. The normalized spacial score (nSPS) is 20.5. The van der Waals surface area contributed by atoms with Crippen LogP contribution in [0.4, 0.5) is 5.69 Å². The van der Waals surface area contributed by atoms with Crippen molar-refractivity contribution >= 4 is 17.6 Å². The lowest BCUT2D eigenvalue weighted by Gasteiger charge is -2.25. The molecule has 1 amide bonds. The van der Waals surface area contributed by atoms with Crippen LogP contribution in [0.15, 0.2) is 24.5 Å². The van der Waals surface area contributed by atoms with Gasteiger partial charge in [0, 0.05) is 11.6 Å². The Morgan fingerprint density at radius 2 is 2.08 bits per heavy atom. The number of benzene rings is 1. The number of carbonyl (C=O) groups excluding carboxylic acids is 1. The molecule has 1 aromatic carbocycles. The van der Waals surface area contributed by atoms with Crippen molar-refractivity contribution in [1.82, 2.24) is 20.2 Å². The van der Waals surface area contributed by atoms with E-state index in [1.807, 2.05) is 19.1 Å².